The number of halogens is 2. The second kappa shape index (κ2) is 5.87. The van der Waals surface area contributed by atoms with E-state index in [9.17, 15) is 9.18 Å². The van der Waals surface area contributed by atoms with Crippen LogP contribution in [0.3, 0.4) is 0 Å². The fourth-order valence-electron chi connectivity index (χ4n) is 1.78. The Balaban J connectivity index is 1.99. The molecule has 1 fully saturated rings. The number of thioether (sulfide) groups is 1. The van der Waals surface area contributed by atoms with Gasteiger partial charge in [0.2, 0.25) is 0 Å². The van der Waals surface area contributed by atoms with Crippen molar-refractivity contribution in [3.8, 4) is 0 Å². The summed E-state index contributed by atoms with van der Waals surface area (Å²) in [5, 5.41) is 2.80. The average Bonchev–Trinajstić information content (AvgIpc) is 2.79. The van der Waals surface area contributed by atoms with Crippen molar-refractivity contribution < 1.29 is 9.18 Å². The highest BCUT2D eigenvalue weighted by Crippen LogP contribution is 2.23. The number of hydrogen-bond acceptors (Lipinski definition) is 2. The molecule has 0 aromatic heterocycles. The van der Waals surface area contributed by atoms with Gasteiger partial charge in [-0.15, -0.1) is 0 Å². The third kappa shape index (κ3) is 3.22. The average molecular weight is 318 g/mol. The maximum Gasteiger partial charge on any atom is 0.255 e. The lowest BCUT2D eigenvalue weighted by Gasteiger charge is -2.11. The van der Waals surface area contributed by atoms with E-state index < -0.39 is 5.82 Å². The quantitative estimate of drug-likeness (QED) is 0.928. The van der Waals surface area contributed by atoms with E-state index in [0.29, 0.717) is 16.9 Å². The van der Waals surface area contributed by atoms with E-state index in [1.807, 2.05) is 11.8 Å². The first-order valence-corrected chi connectivity index (χ1v) is 7.43. The summed E-state index contributed by atoms with van der Waals surface area (Å²) in [6.07, 6.45) is 1.13. The smallest absolute Gasteiger partial charge is 0.255 e. The van der Waals surface area contributed by atoms with Crippen LogP contribution in [0.2, 0.25) is 0 Å². The number of hydrogen-bond donors (Lipinski definition) is 1. The molecule has 0 spiro atoms. The van der Waals surface area contributed by atoms with Crippen molar-refractivity contribution >= 4 is 33.6 Å². The first kappa shape index (κ1) is 12.9. The van der Waals surface area contributed by atoms with Crippen LogP contribution in [0.4, 0.5) is 4.39 Å². The highest BCUT2D eigenvalue weighted by atomic mass is 79.9. The van der Waals surface area contributed by atoms with Crippen LogP contribution < -0.4 is 5.32 Å². The van der Waals surface area contributed by atoms with Crippen molar-refractivity contribution in [3.05, 3.63) is 34.1 Å². The molecule has 0 radical (unpaired) electrons. The van der Waals surface area contributed by atoms with E-state index in [1.165, 1.54) is 6.07 Å². The van der Waals surface area contributed by atoms with Gasteiger partial charge in [-0.1, -0.05) is 6.07 Å². The molecule has 1 aromatic rings. The fraction of sp³-hybridized carbons (Fsp3) is 0.417. The molecule has 0 saturated carbocycles. The Kier molecular flexibility index (Phi) is 4.45. The molecule has 1 unspecified atom stereocenters. The zero-order valence-electron chi connectivity index (χ0n) is 9.21. The summed E-state index contributed by atoms with van der Waals surface area (Å²) in [6, 6.07) is 4.54. The van der Waals surface area contributed by atoms with Crippen LogP contribution >= 0.6 is 27.7 Å². The molecule has 2 rings (SSSR count). The highest BCUT2D eigenvalue weighted by molar-refractivity contribution is 9.10. The van der Waals surface area contributed by atoms with Crippen LogP contribution in [0, 0.1) is 11.7 Å². The molecule has 1 aliphatic heterocycles. The minimum Gasteiger partial charge on any atom is -0.352 e. The zero-order valence-corrected chi connectivity index (χ0v) is 11.6. The Bertz CT molecular complexity index is 401. The molecule has 92 valence electrons. The molecule has 1 N–H and O–H groups in total. The molecule has 0 bridgehead atoms. The molecule has 2 nitrogen and oxygen atoms in total. The van der Waals surface area contributed by atoms with Gasteiger partial charge in [0, 0.05) is 11.0 Å². The SMILES string of the molecule is O=C(NCC1CCSC1)c1c(F)cccc1Br. The molecule has 1 amide bonds. The van der Waals surface area contributed by atoms with Gasteiger partial charge in [-0.05, 0) is 51.9 Å². The van der Waals surface area contributed by atoms with Crippen LogP contribution in [0.5, 0.6) is 0 Å². The molecule has 17 heavy (non-hydrogen) atoms. The Hall–Kier alpha value is -0.550. The molecule has 1 aromatic carbocycles. The van der Waals surface area contributed by atoms with Crippen molar-refractivity contribution in [1.29, 1.82) is 0 Å². The topological polar surface area (TPSA) is 29.1 Å². The summed E-state index contributed by atoms with van der Waals surface area (Å²) in [6.45, 7) is 0.632. The van der Waals surface area contributed by atoms with E-state index in [4.69, 9.17) is 0 Å². The first-order valence-electron chi connectivity index (χ1n) is 5.48. The van der Waals surface area contributed by atoms with Gasteiger partial charge < -0.3 is 5.32 Å². The maximum atomic E-state index is 13.5. The van der Waals surface area contributed by atoms with E-state index in [-0.39, 0.29) is 11.5 Å². The van der Waals surface area contributed by atoms with E-state index in [1.54, 1.807) is 12.1 Å². The summed E-state index contributed by atoms with van der Waals surface area (Å²) in [7, 11) is 0. The minimum atomic E-state index is -0.488. The third-order valence-corrected chi connectivity index (χ3v) is 4.66. The first-order chi connectivity index (χ1) is 8.18. The Labute approximate surface area is 112 Å². The predicted octanol–water partition coefficient (Wildman–Crippen LogP) is 3.07. The number of carbonyl (C=O) groups is 1. The van der Waals surface area contributed by atoms with Crippen molar-refractivity contribution in [1.82, 2.24) is 5.32 Å². The van der Waals surface area contributed by atoms with Gasteiger partial charge in [0.05, 0.1) is 5.56 Å². The van der Waals surface area contributed by atoms with E-state index in [0.717, 1.165) is 17.9 Å². The fourth-order valence-corrected chi connectivity index (χ4v) is 3.59. The maximum absolute atomic E-state index is 13.5. The highest BCUT2D eigenvalue weighted by Gasteiger charge is 2.19. The van der Waals surface area contributed by atoms with Crippen molar-refractivity contribution in [2.75, 3.05) is 18.1 Å². The number of carbonyl (C=O) groups excluding carboxylic acids is 1. The normalized spacial score (nSPS) is 19.3. The Morgan fingerprint density at radius 2 is 2.41 bits per heavy atom. The molecule has 1 atom stereocenters. The largest absolute Gasteiger partial charge is 0.352 e. The lowest BCUT2D eigenvalue weighted by atomic mass is 10.1. The van der Waals surface area contributed by atoms with E-state index in [2.05, 4.69) is 21.2 Å². The molecule has 1 aliphatic rings. The minimum absolute atomic E-state index is 0.0955. The van der Waals surface area contributed by atoms with Crippen LogP contribution in [0.15, 0.2) is 22.7 Å². The third-order valence-electron chi connectivity index (χ3n) is 2.77. The second-order valence-electron chi connectivity index (χ2n) is 4.04. The number of nitrogens with one attached hydrogen (secondary N) is 1. The lowest BCUT2D eigenvalue weighted by Crippen LogP contribution is -2.30. The van der Waals surface area contributed by atoms with Gasteiger partial charge in [0.15, 0.2) is 0 Å². The molecule has 5 heteroatoms. The molecule has 1 saturated heterocycles. The van der Waals surface area contributed by atoms with Crippen LogP contribution in [-0.2, 0) is 0 Å². The molecular weight excluding hydrogens is 305 g/mol. The Morgan fingerprint density at radius 1 is 1.59 bits per heavy atom. The second-order valence-corrected chi connectivity index (χ2v) is 6.04. The van der Waals surface area contributed by atoms with Crippen molar-refractivity contribution in [3.63, 3.8) is 0 Å². The van der Waals surface area contributed by atoms with Crippen LogP contribution in [0.1, 0.15) is 16.8 Å². The zero-order chi connectivity index (χ0) is 12.3. The van der Waals surface area contributed by atoms with Crippen molar-refractivity contribution in [2.24, 2.45) is 5.92 Å². The lowest BCUT2D eigenvalue weighted by molar-refractivity contribution is 0.0943. The van der Waals surface area contributed by atoms with E-state index >= 15 is 0 Å². The van der Waals surface area contributed by atoms with Gasteiger partial charge in [-0.25, -0.2) is 4.39 Å². The molecular formula is C12H13BrFNOS. The summed E-state index contributed by atoms with van der Waals surface area (Å²) < 4.78 is 14.0. The number of rotatable bonds is 3. The number of amides is 1. The number of benzene rings is 1. The summed E-state index contributed by atoms with van der Waals surface area (Å²) >= 11 is 5.10. The van der Waals surface area contributed by atoms with Gasteiger partial charge in [-0.3, -0.25) is 4.79 Å². The van der Waals surface area contributed by atoms with Crippen LogP contribution in [-0.4, -0.2) is 24.0 Å². The standard InChI is InChI=1S/C12H13BrFNOS/c13-9-2-1-3-10(14)11(9)12(16)15-6-8-4-5-17-7-8/h1-3,8H,4-7H2,(H,15,16). The summed E-state index contributed by atoms with van der Waals surface area (Å²) in [5.74, 6) is 1.93. The monoisotopic (exact) mass is 317 g/mol. The molecule has 0 aliphatic carbocycles. The molecule has 1 heterocycles. The van der Waals surface area contributed by atoms with Gasteiger partial charge in [-0.2, -0.15) is 11.8 Å². The van der Waals surface area contributed by atoms with Gasteiger partial charge in [0.1, 0.15) is 5.82 Å². The van der Waals surface area contributed by atoms with Crippen molar-refractivity contribution in [2.45, 2.75) is 6.42 Å². The predicted molar refractivity (Wildman–Crippen MR) is 71.9 cm³/mol. The summed E-state index contributed by atoms with van der Waals surface area (Å²) in [4.78, 5) is 11.9. The van der Waals surface area contributed by atoms with Gasteiger partial charge >= 0.3 is 0 Å². The Morgan fingerprint density at radius 3 is 3.06 bits per heavy atom. The van der Waals surface area contributed by atoms with Gasteiger partial charge in [0.25, 0.3) is 5.91 Å². The summed E-state index contributed by atoms with van der Waals surface area (Å²) in [5.41, 5.74) is 0.0955. The van der Waals surface area contributed by atoms with Crippen LogP contribution in [0.25, 0.3) is 0 Å².